The van der Waals surface area contributed by atoms with Gasteiger partial charge in [0.15, 0.2) is 11.9 Å². The molecule has 0 aromatic rings. The zero-order chi connectivity index (χ0) is 15.6. The number of carbonyl (C=O) groups excluding carboxylic acids is 1. The maximum atomic E-state index is 12.9. The number of aliphatic hydroxyl groups excluding tert-OH is 1. The molecule has 3 unspecified atom stereocenters. The van der Waals surface area contributed by atoms with E-state index in [2.05, 4.69) is 0 Å². The molecule has 3 rings (SSSR count). The molecule has 0 aromatic carbocycles. The Morgan fingerprint density at radius 3 is 2.67 bits per heavy atom. The lowest BCUT2D eigenvalue weighted by molar-refractivity contribution is -0.200. The van der Waals surface area contributed by atoms with Gasteiger partial charge in [0.2, 0.25) is 0 Å². The van der Waals surface area contributed by atoms with Gasteiger partial charge in [-0.1, -0.05) is 19.9 Å². The third kappa shape index (κ3) is 2.20. The molecular formula is C15H17F3O3. The molecule has 116 valence electrons. The van der Waals surface area contributed by atoms with Crippen LogP contribution < -0.4 is 0 Å². The van der Waals surface area contributed by atoms with Crippen molar-refractivity contribution in [3.63, 3.8) is 0 Å². The van der Waals surface area contributed by atoms with Gasteiger partial charge in [-0.25, -0.2) is 0 Å². The Hall–Kier alpha value is -1.30. The minimum Gasteiger partial charge on any atom is -0.485 e. The van der Waals surface area contributed by atoms with Crippen LogP contribution in [0, 0.1) is 11.3 Å². The summed E-state index contributed by atoms with van der Waals surface area (Å²) in [6.45, 7) is 3.61. The number of allylic oxidation sites excluding steroid dienone is 3. The number of alkyl halides is 3. The second-order valence-electron chi connectivity index (χ2n) is 6.58. The molecule has 0 aromatic heterocycles. The first-order valence-corrected chi connectivity index (χ1v) is 7.03. The minimum absolute atomic E-state index is 0.115. The van der Waals surface area contributed by atoms with Gasteiger partial charge >= 0.3 is 6.18 Å². The zero-order valence-electron chi connectivity index (χ0n) is 11.8. The number of hydrogen-bond acceptors (Lipinski definition) is 3. The summed E-state index contributed by atoms with van der Waals surface area (Å²) < 4.78 is 44.0. The molecule has 3 nitrogen and oxygen atoms in total. The molecule has 0 spiro atoms. The van der Waals surface area contributed by atoms with Gasteiger partial charge in [0.1, 0.15) is 11.9 Å². The van der Waals surface area contributed by atoms with Crippen LogP contribution in [0.1, 0.15) is 33.1 Å². The van der Waals surface area contributed by atoms with E-state index in [0.29, 0.717) is 23.3 Å². The van der Waals surface area contributed by atoms with Gasteiger partial charge < -0.3 is 9.84 Å². The molecule has 6 heteroatoms. The second kappa shape index (κ2) is 4.35. The summed E-state index contributed by atoms with van der Waals surface area (Å²) in [5, 5.41) is 9.67. The van der Waals surface area contributed by atoms with E-state index in [4.69, 9.17) is 4.74 Å². The molecule has 0 amide bonds. The SMILES string of the molecule is CC1(C)C=C2C(=O)C(O)CCC2=C2OC(C(F)(F)F)CC21. The van der Waals surface area contributed by atoms with E-state index >= 15 is 0 Å². The van der Waals surface area contributed by atoms with Crippen LogP contribution in [0.15, 0.2) is 23.0 Å². The number of ether oxygens (including phenoxy) is 1. The van der Waals surface area contributed by atoms with Gasteiger partial charge in [0, 0.05) is 23.5 Å². The average molecular weight is 302 g/mol. The summed E-state index contributed by atoms with van der Waals surface area (Å²) >= 11 is 0. The Labute approximate surface area is 120 Å². The highest BCUT2D eigenvalue weighted by atomic mass is 19.4. The van der Waals surface area contributed by atoms with E-state index in [1.54, 1.807) is 19.9 Å². The van der Waals surface area contributed by atoms with E-state index in [1.807, 2.05) is 0 Å². The first-order chi connectivity index (χ1) is 9.61. The molecule has 1 N–H and O–H groups in total. The van der Waals surface area contributed by atoms with Crippen molar-refractivity contribution >= 4 is 5.78 Å². The number of fused-ring (bicyclic) bond motifs is 2. The number of Topliss-reactive ketones (excluding diaryl/α,β-unsaturated/α-hetero) is 1. The molecule has 1 saturated heterocycles. The summed E-state index contributed by atoms with van der Waals surface area (Å²) in [6.07, 6.45) is -5.06. The lowest BCUT2D eigenvalue weighted by Crippen LogP contribution is -2.35. The van der Waals surface area contributed by atoms with Gasteiger partial charge in [-0.2, -0.15) is 13.2 Å². The highest BCUT2D eigenvalue weighted by molar-refractivity contribution is 6.04. The number of rotatable bonds is 0. The molecule has 0 bridgehead atoms. The van der Waals surface area contributed by atoms with E-state index < -0.39 is 29.6 Å². The van der Waals surface area contributed by atoms with Crippen molar-refractivity contribution < 1.29 is 27.8 Å². The average Bonchev–Trinajstić information content (AvgIpc) is 2.80. The molecule has 3 aliphatic rings. The highest BCUT2D eigenvalue weighted by Gasteiger charge is 2.54. The molecule has 0 radical (unpaired) electrons. The number of carbonyl (C=O) groups is 1. The largest absolute Gasteiger partial charge is 0.485 e. The molecular weight excluding hydrogens is 285 g/mol. The van der Waals surface area contributed by atoms with Crippen molar-refractivity contribution in [2.45, 2.75) is 51.5 Å². The van der Waals surface area contributed by atoms with Crippen molar-refractivity contribution in [3.8, 4) is 0 Å². The summed E-state index contributed by atoms with van der Waals surface area (Å²) in [7, 11) is 0. The Balaban J connectivity index is 2.05. The van der Waals surface area contributed by atoms with Crippen molar-refractivity contribution in [2.75, 3.05) is 0 Å². The highest BCUT2D eigenvalue weighted by Crippen LogP contribution is 2.53. The Kier molecular flexibility index (Phi) is 3.03. The Morgan fingerprint density at radius 2 is 2.05 bits per heavy atom. The molecule has 2 aliphatic carbocycles. The fourth-order valence-corrected chi connectivity index (χ4v) is 3.49. The maximum absolute atomic E-state index is 12.9. The fraction of sp³-hybridized carbons (Fsp3) is 0.667. The summed E-state index contributed by atoms with van der Waals surface area (Å²) in [5.74, 6) is -0.472. The Morgan fingerprint density at radius 1 is 1.38 bits per heavy atom. The Bertz CT molecular complexity index is 557. The fourth-order valence-electron chi connectivity index (χ4n) is 3.49. The van der Waals surface area contributed by atoms with Gasteiger partial charge in [0.25, 0.3) is 0 Å². The van der Waals surface area contributed by atoms with Crippen molar-refractivity contribution in [2.24, 2.45) is 11.3 Å². The first-order valence-electron chi connectivity index (χ1n) is 7.03. The van der Waals surface area contributed by atoms with Crippen LogP contribution in [0.3, 0.4) is 0 Å². The number of halogens is 3. The number of aliphatic hydroxyl groups is 1. The molecule has 1 saturated carbocycles. The molecule has 3 atom stereocenters. The van der Waals surface area contributed by atoms with Crippen molar-refractivity contribution in [3.05, 3.63) is 23.0 Å². The van der Waals surface area contributed by atoms with Crippen LogP contribution in [0.25, 0.3) is 0 Å². The smallest absolute Gasteiger partial charge is 0.425 e. The normalized spacial score (nSPS) is 35.0. The lowest BCUT2D eigenvalue weighted by atomic mass is 9.67. The third-order valence-corrected chi connectivity index (χ3v) is 4.67. The first kappa shape index (κ1) is 14.6. The van der Waals surface area contributed by atoms with Crippen LogP contribution in [-0.2, 0) is 9.53 Å². The van der Waals surface area contributed by atoms with E-state index in [0.717, 1.165) is 0 Å². The van der Waals surface area contributed by atoms with Crippen LogP contribution in [-0.4, -0.2) is 29.3 Å². The molecule has 1 heterocycles. The number of ketones is 1. The van der Waals surface area contributed by atoms with Crippen LogP contribution in [0.2, 0.25) is 0 Å². The molecule has 21 heavy (non-hydrogen) atoms. The molecule has 1 aliphatic heterocycles. The number of hydrogen-bond donors (Lipinski definition) is 1. The van der Waals surface area contributed by atoms with E-state index in [9.17, 15) is 23.1 Å². The van der Waals surface area contributed by atoms with E-state index in [-0.39, 0.29) is 18.8 Å². The van der Waals surface area contributed by atoms with Gasteiger partial charge in [-0.3, -0.25) is 4.79 Å². The van der Waals surface area contributed by atoms with Crippen molar-refractivity contribution in [1.82, 2.24) is 0 Å². The predicted octanol–water partition coefficient (Wildman–Crippen LogP) is 2.90. The van der Waals surface area contributed by atoms with E-state index in [1.165, 1.54) is 0 Å². The standard InChI is InChI=1S/C15H17F3O3/c1-14(2)6-8-7(3-4-10(19)12(8)20)13-9(14)5-11(21-13)15(16,17)18/h6,9-11,19H,3-5H2,1-2H3. The van der Waals surface area contributed by atoms with Crippen molar-refractivity contribution in [1.29, 1.82) is 0 Å². The predicted molar refractivity (Wildman–Crippen MR) is 68.2 cm³/mol. The summed E-state index contributed by atoms with van der Waals surface area (Å²) in [4.78, 5) is 12.1. The summed E-state index contributed by atoms with van der Waals surface area (Å²) in [5.41, 5.74) is 0.301. The van der Waals surface area contributed by atoms with Gasteiger partial charge in [-0.15, -0.1) is 0 Å². The van der Waals surface area contributed by atoms with Gasteiger partial charge in [0.05, 0.1) is 0 Å². The van der Waals surface area contributed by atoms with Gasteiger partial charge in [-0.05, 0) is 18.3 Å². The minimum atomic E-state index is -4.40. The third-order valence-electron chi connectivity index (χ3n) is 4.67. The summed E-state index contributed by atoms with van der Waals surface area (Å²) in [6, 6.07) is 0. The lowest BCUT2D eigenvalue weighted by Gasteiger charge is -2.37. The quantitative estimate of drug-likeness (QED) is 0.748. The van der Waals surface area contributed by atoms with Crippen LogP contribution in [0.4, 0.5) is 13.2 Å². The van der Waals surface area contributed by atoms with Crippen LogP contribution >= 0.6 is 0 Å². The zero-order valence-corrected chi connectivity index (χ0v) is 11.8. The molecule has 2 fully saturated rings. The maximum Gasteiger partial charge on any atom is 0.425 e. The van der Waals surface area contributed by atoms with Crippen LogP contribution in [0.5, 0.6) is 0 Å². The second-order valence-corrected chi connectivity index (χ2v) is 6.58. The topological polar surface area (TPSA) is 46.5 Å². The monoisotopic (exact) mass is 302 g/mol.